The normalized spacial score (nSPS) is 19.5. The fraction of sp³-hybridized carbons (Fsp3) is 0.500. The van der Waals surface area contributed by atoms with Crippen LogP contribution in [-0.4, -0.2) is 33.1 Å². The van der Waals surface area contributed by atoms with Crippen LogP contribution in [0.15, 0.2) is 29.2 Å². The second-order valence-electron chi connectivity index (χ2n) is 5.14. The van der Waals surface area contributed by atoms with Crippen molar-refractivity contribution in [3.05, 3.63) is 24.3 Å². The van der Waals surface area contributed by atoms with Gasteiger partial charge in [-0.2, -0.15) is 0 Å². The number of sulfone groups is 1. The van der Waals surface area contributed by atoms with E-state index >= 15 is 0 Å². The van der Waals surface area contributed by atoms with E-state index in [0.717, 1.165) is 6.26 Å². The number of carbonyl (C=O) groups excluding carboxylic acids is 2. The molecule has 0 aliphatic rings. The molecule has 1 rings (SSSR count). The fourth-order valence-corrected chi connectivity index (χ4v) is 2.07. The van der Waals surface area contributed by atoms with Crippen LogP contribution in [0.3, 0.4) is 0 Å². The summed E-state index contributed by atoms with van der Waals surface area (Å²) in [5, 5.41) is 0. The van der Waals surface area contributed by atoms with Gasteiger partial charge in [-0.1, -0.05) is 27.6 Å². The van der Waals surface area contributed by atoms with Crippen molar-refractivity contribution >= 4 is 22.0 Å². The summed E-state index contributed by atoms with van der Waals surface area (Å²) in [6.45, 7) is -2.80. The molecule has 0 aliphatic heterocycles. The maximum absolute atomic E-state index is 12.2. The Morgan fingerprint density at radius 1 is 1.17 bits per heavy atom. The highest BCUT2D eigenvalue weighted by molar-refractivity contribution is 7.90. The third-order valence-corrected chi connectivity index (χ3v) is 3.78. The highest BCUT2D eigenvalue weighted by atomic mass is 32.2. The first-order valence-corrected chi connectivity index (χ1v) is 8.63. The van der Waals surface area contributed by atoms with Gasteiger partial charge in [0.25, 0.3) is 6.29 Å². The third-order valence-electron chi connectivity index (χ3n) is 2.65. The van der Waals surface area contributed by atoms with Gasteiger partial charge < -0.3 is 14.2 Å². The molecule has 24 heavy (non-hydrogen) atoms. The largest absolute Gasteiger partial charge is 0.516 e. The number of ether oxygens (including phenoxy) is 3. The van der Waals surface area contributed by atoms with Gasteiger partial charge in [0.15, 0.2) is 9.84 Å². The highest BCUT2D eigenvalue weighted by Crippen LogP contribution is 2.18. The smallest absolute Gasteiger partial charge is 0.425 e. The Morgan fingerprint density at radius 3 is 2.25 bits per heavy atom. The molecule has 1 aromatic carbocycles. The Balaban J connectivity index is 2.92. The van der Waals surface area contributed by atoms with Crippen molar-refractivity contribution in [3.63, 3.8) is 0 Å². The van der Waals surface area contributed by atoms with E-state index in [1.54, 1.807) is 0 Å². The molecule has 2 unspecified atom stereocenters. The van der Waals surface area contributed by atoms with E-state index < -0.39 is 53.8 Å². The van der Waals surface area contributed by atoms with Gasteiger partial charge in [-0.05, 0) is 24.3 Å². The van der Waals surface area contributed by atoms with Gasteiger partial charge >= 0.3 is 12.1 Å². The molecule has 0 aliphatic carbocycles. The molecule has 1 aromatic rings. The molecule has 0 radical (unpaired) electrons. The van der Waals surface area contributed by atoms with Gasteiger partial charge in [0.1, 0.15) is 5.75 Å². The molecule has 0 bridgehead atoms. The van der Waals surface area contributed by atoms with Crippen molar-refractivity contribution in [1.82, 2.24) is 0 Å². The molecule has 0 amide bonds. The molecule has 2 atom stereocenters. The maximum Gasteiger partial charge on any atom is 0.516 e. The first kappa shape index (κ1) is 12.3. The number of hydrogen-bond donors (Lipinski definition) is 0. The lowest BCUT2D eigenvalue weighted by atomic mass is 10.2. The third kappa shape index (κ3) is 6.19. The van der Waals surface area contributed by atoms with Crippen LogP contribution in [-0.2, 0) is 24.1 Å². The van der Waals surface area contributed by atoms with Crippen LogP contribution < -0.4 is 4.74 Å². The summed E-state index contributed by atoms with van der Waals surface area (Å²) < 4.78 is 81.5. The Kier molecular flexibility index (Phi) is 4.17. The van der Waals surface area contributed by atoms with Crippen molar-refractivity contribution < 1.29 is 40.4 Å². The highest BCUT2D eigenvalue weighted by Gasteiger charge is 2.25. The van der Waals surface area contributed by atoms with Gasteiger partial charge in [0.2, 0.25) is 0 Å². The van der Waals surface area contributed by atoms with E-state index in [0.29, 0.717) is 0 Å². The van der Waals surface area contributed by atoms with Gasteiger partial charge in [0, 0.05) is 20.4 Å². The van der Waals surface area contributed by atoms with Crippen molar-refractivity contribution in [2.75, 3.05) is 6.26 Å². The molecule has 0 N–H and O–H groups in total. The zero-order valence-electron chi connectivity index (χ0n) is 19.3. The second kappa shape index (κ2) is 8.14. The topological polar surface area (TPSA) is 96.0 Å². The summed E-state index contributed by atoms with van der Waals surface area (Å²) in [6.07, 6.45) is -2.00. The average Bonchev–Trinajstić information content (AvgIpc) is 2.58. The van der Waals surface area contributed by atoms with E-state index in [1.165, 1.54) is 38.1 Å². The molecular weight excluding hydrogens is 336 g/mol. The first-order chi connectivity index (χ1) is 13.5. The average molecular weight is 364 g/mol. The molecule has 7 nitrogen and oxygen atoms in total. The predicted octanol–water partition coefficient (Wildman–Crippen LogP) is 2.79. The van der Waals surface area contributed by atoms with E-state index in [2.05, 4.69) is 0 Å². The minimum atomic E-state index is -3.45. The van der Waals surface area contributed by atoms with Crippen molar-refractivity contribution in [2.24, 2.45) is 11.8 Å². The van der Waals surface area contributed by atoms with Crippen LogP contribution in [0.25, 0.3) is 0 Å². The molecule has 0 aromatic heterocycles. The number of rotatable bonds is 6. The van der Waals surface area contributed by atoms with Crippen LogP contribution in [0, 0.1) is 11.8 Å². The molecule has 0 spiro atoms. The Morgan fingerprint density at radius 2 is 1.79 bits per heavy atom. The van der Waals surface area contributed by atoms with Crippen molar-refractivity contribution in [3.8, 4) is 5.75 Å². The fourth-order valence-electron chi connectivity index (χ4n) is 1.44. The molecule has 0 saturated carbocycles. The number of esters is 1. The lowest BCUT2D eigenvalue weighted by Gasteiger charge is -2.21. The van der Waals surface area contributed by atoms with Gasteiger partial charge in [-0.3, -0.25) is 4.79 Å². The molecule has 0 saturated heterocycles. The van der Waals surface area contributed by atoms with Crippen molar-refractivity contribution in [2.45, 2.75) is 38.8 Å². The van der Waals surface area contributed by atoms with E-state index in [4.69, 9.17) is 22.4 Å². The summed E-state index contributed by atoms with van der Waals surface area (Å²) in [7, 11) is -3.45. The standard InChI is InChI=1S/C16H22O7S/c1-10(2)14(17)22-15(11(3)4)23-16(18)21-12-6-8-13(9-7-12)24(5,19)20/h6-11,15H,1-5H3/i1D2,2D3,10D. The number of hydrogen-bond acceptors (Lipinski definition) is 7. The van der Waals surface area contributed by atoms with E-state index in [-0.39, 0.29) is 10.6 Å². The van der Waals surface area contributed by atoms with Crippen molar-refractivity contribution in [1.29, 1.82) is 0 Å². The summed E-state index contributed by atoms with van der Waals surface area (Å²) in [6, 6.07) is 4.79. The van der Waals surface area contributed by atoms with Gasteiger partial charge in [0.05, 0.1) is 10.8 Å². The van der Waals surface area contributed by atoms with E-state index in [9.17, 15) is 18.0 Å². The molecule has 134 valence electrons. The Hall–Kier alpha value is -2.09. The Bertz CT molecular complexity index is 867. The second-order valence-corrected chi connectivity index (χ2v) is 7.16. The van der Waals surface area contributed by atoms with Crippen LogP contribution in [0.1, 0.15) is 35.8 Å². The van der Waals surface area contributed by atoms with Crippen LogP contribution >= 0.6 is 0 Å². The lowest BCUT2D eigenvalue weighted by Crippen LogP contribution is -2.32. The maximum atomic E-state index is 12.2. The monoisotopic (exact) mass is 364 g/mol. The SMILES string of the molecule is [2H]C([2H])C([2H])(C(=O)OC(OC(=O)Oc1ccc(S(C)(=O)=O)cc1)C(C)C)C([2H])([2H])[2H]. The zero-order chi connectivity index (χ0) is 23.5. The molecule has 0 heterocycles. The first-order valence-electron chi connectivity index (χ1n) is 9.89. The van der Waals surface area contributed by atoms with E-state index in [1.807, 2.05) is 0 Å². The predicted molar refractivity (Wildman–Crippen MR) is 86.2 cm³/mol. The molecular formula is C16H22O7S. The summed E-state index contributed by atoms with van der Waals surface area (Å²) in [5.41, 5.74) is 0. The molecule has 8 heteroatoms. The summed E-state index contributed by atoms with van der Waals surface area (Å²) in [4.78, 5) is 24.2. The zero-order valence-corrected chi connectivity index (χ0v) is 14.1. The molecule has 0 fully saturated rings. The summed E-state index contributed by atoms with van der Waals surface area (Å²) >= 11 is 0. The van der Waals surface area contributed by atoms with Crippen LogP contribution in [0.4, 0.5) is 4.79 Å². The lowest BCUT2D eigenvalue weighted by molar-refractivity contribution is -0.180. The number of carbonyl (C=O) groups is 2. The quantitative estimate of drug-likeness (QED) is 0.435. The van der Waals surface area contributed by atoms with Gasteiger partial charge in [-0.25, -0.2) is 13.2 Å². The number of benzene rings is 1. The van der Waals surface area contributed by atoms with Gasteiger partial charge in [-0.15, -0.1) is 0 Å². The minimum absolute atomic E-state index is 0.00556. The van der Waals surface area contributed by atoms with Crippen LogP contribution in [0.2, 0.25) is 0 Å². The summed E-state index contributed by atoms with van der Waals surface area (Å²) in [5.74, 6) is -5.70. The Labute approximate surface area is 150 Å². The minimum Gasteiger partial charge on any atom is -0.425 e. The van der Waals surface area contributed by atoms with Crippen LogP contribution in [0.5, 0.6) is 5.75 Å².